The number of hydrogen-bond acceptors (Lipinski definition) is 6. The maximum absolute atomic E-state index is 12.1. The van der Waals surface area contributed by atoms with Crippen molar-refractivity contribution in [3.63, 3.8) is 0 Å². The van der Waals surface area contributed by atoms with Gasteiger partial charge in [-0.2, -0.15) is 0 Å². The lowest BCUT2D eigenvalue weighted by atomic mass is 9.89. The minimum absolute atomic E-state index is 0.0703. The molecule has 0 bridgehead atoms. The Kier molecular flexibility index (Phi) is 8.15. The Morgan fingerprint density at radius 1 is 1.07 bits per heavy atom. The number of hydrogen-bond donors (Lipinski definition) is 2. The molecule has 0 saturated heterocycles. The molecule has 160 valence electrons. The average molecular weight is 406 g/mol. The Bertz CT molecular complexity index is 749. The van der Waals surface area contributed by atoms with Gasteiger partial charge in [0.15, 0.2) is 5.78 Å². The summed E-state index contributed by atoms with van der Waals surface area (Å²) in [5.74, 6) is -1.86. The molecule has 0 saturated carbocycles. The zero-order chi connectivity index (χ0) is 22.4. The SMILES string of the molecule is C=C(CC(=O)O)C(=O)OCC(CC(C)(C)C)Oc1ccc(C(=O)C(C)(C)O)cc1. The van der Waals surface area contributed by atoms with E-state index in [2.05, 4.69) is 6.58 Å². The van der Waals surface area contributed by atoms with Gasteiger partial charge in [-0.1, -0.05) is 27.4 Å². The summed E-state index contributed by atoms with van der Waals surface area (Å²) < 4.78 is 11.1. The molecule has 1 rings (SSSR count). The molecule has 0 aliphatic heterocycles. The van der Waals surface area contributed by atoms with Crippen LogP contribution in [0.4, 0.5) is 0 Å². The highest BCUT2D eigenvalue weighted by molar-refractivity contribution is 6.01. The van der Waals surface area contributed by atoms with Crippen LogP contribution in [0.5, 0.6) is 5.75 Å². The van der Waals surface area contributed by atoms with Crippen molar-refractivity contribution in [1.29, 1.82) is 0 Å². The van der Waals surface area contributed by atoms with E-state index in [0.29, 0.717) is 17.7 Å². The molecular formula is C22H30O7. The molecule has 1 aromatic carbocycles. The van der Waals surface area contributed by atoms with Crippen LogP contribution in [0.1, 0.15) is 57.8 Å². The van der Waals surface area contributed by atoms with E-state index in [1.165, 1.54) is 13.8 Å². The van der Waals surface area contributed by atoms with Crippen molar-refractivity contribution >= 4 is 17.7 Å². The molecule has 1 atom stereocenters. The molecule has 0 heterocycles. The first-order valence-corrected chi connectivity index (χ1v) is 9.29. The molecule has 29 heavy (non-hydrogen) atoms. The molecule has 2 N–H and O–H groups in total. The highest BCUT2D eigenvalue weighted by Gasteiger charge is 2.26. The van der Waals surface area contributed by atoms with Crippen LogP contribution in [-0.2, 0) is 14.3 Å². The molecule has 0 radical (unpaired) electrons. The summed E-state index contributed by atoms with van der Waals surface area (Å²) in [7, 11) is 0. The second kappa shape index (κ2) is 9.69. The van der Waals surface area contributed by atoms with Crippen LogP contribution in [0.3, 0.4) is 0 Å². The van der Waals surface area contributed by atoms with Crippen LogP contribution in [0.25, 0.3) is 0 Å². The Hall–Kier alpha value is -2.67. The van der Waals surface area contributed by atoms with Crippen molar-refractivity contribution in [3.05, 3.63) is 42.0 Å². The van der Waals surface area contributed by atoms with E-state index >= 15 is 0 Å². The second-order valence-electron chi connectivity index (χ2n) is 8.69. The number of carbonyl (C=O) groups excluding carboxylic acids is 2. The number of carbonyl (C=O) groups is 3. The molecule has 0 aliphatic carbocycles. The average Bonchev–Trinajstić information content (AvgIpc) is 2.56. The number of esters is 1. The molecule has 1 unspecified atom stereocenters. The third-order valence-electron chi connectivity index (χ3n) is 3.87. The number of rotatable bonds is 10. The lowest BCUT2D eigenvalue weighted by Gasteiger charge is -2.26. The van der Waals surface area contributed by atoms with Gasteiger partial charge in [0.05, 0.1) is 6.42 Å². The Morgan fingerprint density at radius 2 is 1.62 bits per heavy atom. The summed E-state index contributed by atoms with van der Waals surface area (Å²) >= 11 is 0. The smallest absolute Gasteiger partial charge is 0.334 e. The van der Waals surface area contributed by atoms with Gasteiger partial charge in [-0.25, -0.2) is 4.79 Å². The van der Waals surface area contributed by atoms with Crippen LogP contribution in [0, 0.1) is 5.41 Å². The molecule has 0 spiro atoms. The maximum Gasteiger partial charge on any atom is 0.334 e. The fourth-order valence-corrected chi connectivity index (χ4v) is 2.57. The fourth-order valence-electron chi connectivity index (χ4n) is 2.57. The lowest BCUT2D eigenvalue weighted by molar-refractivity contribution is -0.144. The summed E-state index contributed by atoms with van der Waals surface area (Å²) in [6.07, 6.45) is -0.400. The summed E-state index contributed by atoms with van der Waals surface area (Å²) in [6, 6.07) is 6.34. The highest BCUT2D eigenvalue weighted by Crippen LogP contribution is 2.25. The highest BCUT2D eigenvalue weighted by atomic mass is 16.6. The standard InChI is InChI=1S/C22H30O7/c1-14(11-18(23)24)20(26)28-13-17(12-21(2,3)4)29-16-9-7-15(8-10-16)19(25)22(5,6)27/h7-10,17,27H,1,11-13H2,2-6H3,(H,23,24). The quantitative estimate of drug-likeness (QED) is 0.348. The van der Waals surface area contributed by atoms with E-state index in [9.17, 15) is 19.5 Å². The van der Waals surface area contributed by atoms with Crippen molar-refractivity contribution in [2.45, 2.75) is 59.2 Å². The number of ether oxygens (including phenoxy) is 2. The van der Waals surface area contributed by atoms with Crippen molar-refractivity contribution in [2.75, 3.05) is 6.61 Å². The van der Waals surface area contributed by atoms with E-state index in [4.69, 9.17) is 14.6 Å². The van der Waals surface area contributed by atoms with E-state index in [1.54, 1.807) is 24.3 Å². The van der Waals surface area contributed by atoms with Crippen LogP contribution in [-0.4, -0.2) is 46.2 Å². The molecule has 0 fully saturated rings. The number of carboxylic acids is 1. The van der Waals surface area contributed by atoms with Gasteiger partial charge < -0.3 is 19.7 Å². The van der Waals surface area contributed by atoms with E-state index in [-0.39, 0.29) is 17.6 Å². The number of aliphatic hydroxyl groups is 1. The third kappa shape index (κ3) is 8.91. The number of aliphatic carboxylic acids is 1. The zero-order valence-corrected chi connectivity index (χ0v) is 17.7. The monoisotopic (exact) mass is 406 g/mol. The van der Waals surface area contributed by atoms with Crippen molar-refractivity contribution < 1.29 is 34.1 Å². The summed E-state index contributed by atoms with van der Waals surface area (Å²) in [5.41, 5.74) is -1.37. The van der Waals surface area contributed by atoms with E-state index < -0.39 is 35.8 Å². The Morgan fingerprint density at radius 3 is 2.07 bits per heavy atom. The van der Waals surface area contributed by atoms with Crippen LogP contribution < -0.4 is 4.74 Å². The molecular weight excluding hydrogens is 376 g/mol. The molecule has 7 nitrogen and oxygen atoms in total. The van der Waals surface area contributed by atoms with Gasteiger partial charge in [0.25, 0.3) is 0 Å². The van der Waals surface area contributed by atoms with Gasteiger partial charge >= 0.3 is 11.9 Å². The topological polar surface area (TPSA) is 110 Å². The lowest BCUT2D eigenvalue weighted by Crippen LogP contribution is -2.31. The second-order valence-corrected chi connectivity index (χ2v) is 8.69. The number of carboxylic acid groups (broad SMARTS) is 1. The number of Topliss-reactive ketones (excluding diaryl/α,β-unsaturated/α-hetero) is 1. The van der Waals surface area contributed by atoms with Gasteiger partial charge in [0.1, 0.15) is 24.1 Å². The van der Waals surface area contributed by atoms with Crippen LogP contribution >= 0.6 is 0 Å². The van der Waals surface area contributed by atoms with E-state index in [0.717, 1.165) is 0 Å². The van der Waals surface area contributed by atoms with E-state index in [1.807, 2.05) is 20.8 Å². The van der Waals surface area contributed by atoms with Gasteiger partial charge in [-0.15, -0.1) is 0 Å². The predicted octanol–water partition coefficient (Wildman–Crippen LogP) is 3.40. The zero-order valence-electron chi connectivity index (χ0n) is 17.7. The summed E-state index contributed by atoms with van der Waals surface area (Å²) in [6.45, 7) is 12.2. The third-order valence-corrected chi connectivity index (χ3v) is 3.87. The predicted molar refractivity (Wildman–Crippen MR) is 108 cm³/mol. The van der Waals surface area contributed by atoms with Crippen molar-refractivity contribution in [3.8, 4) is 5.75 Å². The largest absolute Gasteiger partial charge is 0.487 e. The van der Waals surface area contributed by atoms with Gasteiger partial charge in [-0.3, -0.25) is 9.59 Å². The van der Waals surface area contributed by atoms with Crippen LogP contribution in [0.15, 0.2) is 36.4 Å². The molecule has 0 amide bonds. The fraction of sp³-hybridized carbons (Fsp3) is 0.500. The first kappa shape index (κ1) is 24.4. The molecule has 7 heteroatoms. The van der Waals surface area contributed by atoms with Crippen LogP contribution in [0.2, 0.25) is 0 Å². The van der Waals surface area contributed by atoms with Gasteiger partial charge in [0.2, 0.25) is 0 Å². The molecule has 0 aliphatic rings. The minimum Gasteiger partial charge on any atom is -0.487 e. The number of ketones is 1. The summed E-state index contributed by atoms with van der Waals surface area (Å²) in [5, 5.41) is 18.6. The van der Waals surface area contributed by atoms with Crippen molar-refractivity contribution in [2.24, 2.45) is 5.41 Å². The maximum atomic E-state index is 12.1. The Labute approximate surface area is 171 Å². The first-order chi connectivity index (χ1) is 13.2. The van der Waals surface area contributed by atoms with Gasteiger partial charge in [0, 0.05) is 11.1 Å². The molecule has 1 aromatic rings. The Balaban J connectivity index is 2.83. The number of benzene rings is 1. The molecule has 0 aromatic heterocycles. The van der Waals surface area contributed by atoms with Gasteiger partial charge in [-0.05, 0) is 49.9 Å². The summed E-state index contributed by atoms with van der Waals surface area (Å²) in [4.78, 5) is 34.7. The van der Waals surface area contributed by atoms with Crippen molar-refractivity contribution in [1.82, 2.24) is 0 Å². The minimum atomic E-state index is -1.47. The normalized spacial score (nSPS) is 12.8. The first-order valence-electron chi connectivity index (χ1n) is 9.29.